The largest absolute Gasteiger partial charge is 0.467 e. The fourth-order valence-electron chi connectivity index (χ4n) is 2.18. The summed E-state index contributed by atoms with van der Waals surface area (Å²) in [5.41, 5.74) is -0.0642. The number of esters is 1. The van der Waals surface area contributed by atoms with Crippen LogP contribution in [0.1, 0.15) is 45.9 Å². The maximum Gasteiger partial charge on any atom is 0.328 e. The molecule has 106 valence electrons. The average Bonchev–Trinajstić information content (AvgIpc) is 2.87. The number of piperidine rings is 1. The third kappa shape index (κ3) is 3.05. The third-order valence-electron chi connectivity index (χ3n) is 3.31. The van der Waals surface area contributed by atoms with Gasteiger partial charge >= 0.3 is 5.97 Å². The molecule has 0 aromatic carbocycles. The van der Waals surface area contributed by atoms with Crippen molar-refractivity contribution in [1.29, 1.82) is 0 Å². The van der Waals surface area contributed by atoms with Gasteiger partial charge in [0.1, 0.15) is 11.9 Å². The Balaban J connectivity index is 2.23. The molecule has 0 saturated carbocycles. The molecular formula is C13H21N3O2S. The molecule has 1 aromatic rings. The van der Waals surface area contributed by atoms with E-state index in [0.717, 1.165) is 36.8 Å². The Morgan fingerprint density at radius 1 is 1.42 bits per heavy atom. The second-order valence-electron chi connectivity index (χ2n) is 5.88. The summed E-state index contributed by atoms with van der Waals surface area (Å²) in [6.07, 6.45) is 2.97. The molecule has 0 aliphatic carbocycles. The number of ether oxygens (including phenoxy) is 1. The zero-order chi connectivity index (χ0) is 14.0. The van der Waals surface area contributed by atoms with Crippen molar-refractivity contribution in [3.63, 3.8) is 0 Å². The molecule has 1 aliphatic rings. The minimum Gasteiger partial charge on any atom is -0.467 e. The molecule has 1 unspecified atom stereocenters. The molecule has 19 heavy (non-hydrogen) atoms. The molecule has 1 aliphatic heterocycles. The van der Waals surface area contributed by atoms with E-state index < -0.39 is 0 Å². The average molecular weight is 283 g/mol. The van der Waals surface area contributed by atoms with Crippen molar-refractivity contribution >= 4 is 22.6 Å². The van der Waals surface area contributed by atoms with Crippen LogP contribution in [-0.2, 0) is 14.9 Å². The molecule has 0 bridgehead atoms. The summed E-state index contributed by atoms with van der Waals surface area (Å²) in [6.45, 7) is 7.12. The van der Waals surface area contributed by atoms with Gasteiger partial charge in [-0.05, 0) is 19.3 Å². The van der Waals surface area contributed by atoms with E-state index in [1.807, 2.05) is 4.90 Å². The van der Waals surface area contributed by atoms with E-state index in [-0.39, 0.29) is 17.4 Å². The lowest BCUT2D eigenvalue weighted by atomic mass is 9.96. The third-order valence-corrected chi connectivity index (χ3v) is 4.06. The summed E-state index contributed by atoms with van der Waals surface area (Å²) in [5.74, 6) is 0.661. The first-order valence-electron chi connectivity index (χ1n) is 6.62. The molecule has 0 radical (unpaired) electrons. The zero-order valence-electron chi connectivity index (χ0n) is 12.0. The van der Waals surface area contributed by atoms with E-state index in [1.54, 1.807) is 0 Å². The molecule has 0 N–H and O–H groups in total. The number of nitrogens with zero attached hydrogens (tertiary/aromatic N) is 3. The van der Waals surface area contributed by atoms with Gasteiger partial charge in [0.25, 0.3) is 0 Å². The Morgan fingerprint density at radius 3 is 2.74 bits per heavy atom. The Hall–Kier alpha value is -1.17. The van der Waals surface area contributed by atoms with Crippen LogP contribution in [0.3, 0.4) is 0 Å². The fraction of sp³-hybridized carbons (Fsp3) is 0.769. The molecule has 2 heterocycles. The van der Waals surface area contributed by atoms with Crippen molar-refractivity contribution in [3.05, 3.63) is 5.82 Å². The molecule has 2 rings (SSSR count). The van der Waals surface area contributed by atoms with Gasteiger partial charge in [-0.3, -0.25) is 0 Å². The number of carbonyl (C=O) groups is 1. The summed E-state index contributed by atoms with van der Waals surface area (Å²) in [7, 11) is 1.44. The first-order chi connectivity index (χ1) is 8.93. The van der Waals surface area contributed by atoms with Crippen LogP contribution in [0.5, 0.6) is 0 Å². The van der Waals surface area contributed by atoms with E-state index in [0.29, 0.717) is 0 Å². The highest BCUT2D eigenvalue weighted by molar-refractivity contribution is 7.09. The molecular weight excluding hydrogens is 262 g/mol. The van der Waals surface area contributed by atoms with Crippen molar-refractivity contribution in [3.8, 4) is 0 Å². The van der Waals surface area contributed by atoms with Gasteiger partial charge in [-0.25, -0.2) is 9.78 Å². The van der Waals surface area contributed by atoms with Crippen molar-refractivity contribution in [2.75, 3.05) is 18.6 Å². The van der Waals surface area contributed by atoms with Gasteiger partial charge < -0.3 is 9.64 Å². The molecule has 1 saturated heterocycles. The highest BCUT2D eigenvalue weighted by Gasteiger charge is 2.32. The molecule has 0 spiro atoms. The van der Waals surface area contributed by atoms with Gasteiger partial charge in [0, 0.05) is 23.5 Å². The van der Waals surface area contributed by atoms with Crippen molar-refractivity contribution in [2.45, 2.75) is 51.5 Å². The molecule has 0 amide bonds. The summed E-state index contributed by atoms with van der Waals surface area (Å²) in [4.78, 5) is 18.5. The highest BCUT2D eigenvalue weighted by Crippen LogP contribution is 2.30. The minimum atomic E-state index is -0.209. The molecule has 1 atom stereocenters. The number of rotatable bonds is 2. The van der Waals surface area contributed by atoms with Gasteiger partial charge in [-0.1, -0.05) is 20.8 Å². The van der Waals surface area contributed by atoms with Crippen LogP contribution in [-0.4, -0.2) is 35.0 Å². The van der Waals surface area contributed by atoms with Crippen LogP contribution in [0.2, 0.25) is 0 Å². The zero-order valence-corrected chi connectivity index (χ0v) is 12.8. The predicted molar refractivity (Wildman–Crippen MR) is 75.6 cm³/mol. The number of hydrogen-bond donors (Lipinski definition) is 0. The normalized spacial score (nSPS) is 20.4. The number of methoxy groups -OCH3 is 1. The Labute approximate surface area is 118 Å². The van der Waals surface area contributed by atoms with Gasteiger partial charge in [0.05, 0.1) is 7.11 Å². The smallest absolute Gasteiger partial charge is 0.328 e. The lowest BCUT2D eigenvalue weighted by Gasteiger charge is -2.33. The quantitative estimate of drug-likeness (QED) is 0.780. The first kappa shape index (κ1) is 14.2. The monoisotopic (exact) mass is 283 g/mol. The predicted octanol–water partition coefficient (Wildman–Crippen LogP) is 2.37. The second kappa shape index (κ2) is 5.45. The second-order valence-corrected chi connectivity index (χ2v) is 6.61. The summed E-state index contributed by atoms with van der Waals surface area (Å²) >= 11 is 1.37. The molecule has 5 nitrogen and oxygen atoms in total. The SMILES string of the molecule is COC(=O)C1CCCCN1c1nc(C(C)(C)C)ns1. The van der Waals surface area contributed by atoms with Crippen molar-refractivity contribution in [2.24, 2.45) is 0 Å². The summed E-state index contributed by atoms with van der Waals surface area (Å²) in [6, 6.07) is -0.209. The van der Waals surface area contributed by atoms with Gasteiger partial charge in [-0.2, -0.15) is 4.37 Å². The number of hydrogen-bond acceptors (Lipinski definition) is 6. The van der Waals surface area contributed by atoms with Crippen LogP contribution in [0, 0.1) is 0 Å². The van der Waals surface area contributed by atoms with Gasteiger partial charge in [0.2, 0.25) is 5.13 Å². The van der Waals surface area contributed by atoms with Crippen LogP contribution >= 0.6 is 11.5 Å². The molecule has 1 fully saturated rings. The van der Waals surface area contributed by atoms with Gasteiger partial charge in [0.15, 0.2) is 0 Å². The van der Waals surface area contributed by atoms with E-state index in [9.17, 15) is 4.79 Å². The minimum absolute atomic E-state index is 0.0642. The molecule has 6 heteroatoms. The van der Waals surface area contributed by atoms with E-state index in [4.69, 9.17) is 4.74 Å². The summed E-state index contributed by atoms with van der Waals surface area (Å²) in [5, 5.41) is 0.833. The standard InChI is InChI=1S/C13H21N3O2S/c1-13(2,3)11-14-12(19-15-11)16-8-6-5-7-9(16)10(17)18-4/h9H,5-8H2,1-4H3. The highest BCUT2D eigenvalue weighted by atomic mass is 32.1. The van der Waals surface area contributed by atoms with Crippen LogP contribution < -0.4 is 4.90 Å². The van der Waals surface area contributed by atoms with Crippen molar-refractivity contribution in [1.82, 2.24) is 9.36 Å². The number of aromatic nitrogens is 2. The maximum atomic E-state index is 11.8. The van der Waals surface area contributed by atoms with Crippen molar-refractivity contribution < 1.29 is 9.53 Å². The summed E-state index contributed by atoms with van der Waals surface area (Å²) < 4.78 is 9.31. The first-order valence-corrected chi connectivity index (χ1v) is 7.39. The lowest BCUT2D eigenvalue weighted by molar-refractivity contribution is -0.142. The fourth-order valence-corrected chi connectivity index (χ4v) is 3.11. The Bertz CT molecular complexity index is 453. The van der Waals surface area contributed by atoms with Crippen LogP contribution in [0.15, 0.2) is 0 Å². The number of anilines is 1. The van der Waals surface area contributed by atoms with Crippen LogP contribution in [0.4, 0.5) is 5.13 Å². The topological polar surface area (TPSA) is 55.3 Å². The Morgan fingerprint density at radius 2 is 2.16 bits per heavy atom. The van der Waals surface area contributed by atoms with Gasteiger partial charge in [-0.15, -0.1) is 0 Å². The Kier molecular flexibility index (Phi) is 4.08. The lowest BCUT2D eigenvalue weighted by Crippen LogP contribution is -2.45. The van der Waals surface area contributed by atoms with E-state index >= 15 is 0 Å². The van der Waals surface area contributed by atoms with E-state index in [1.165, 1.54) is 18.6 Å². The maximum absolute atomic E-state index is 11.8. The van der Waals surface area contributed by atoms with E-state index in [2.05, 4.69) is 30.1 Å². The molecule has 1 aromatic heterocycles. The van der Waals surface area contributed by atoms with Crippen LogP contribution in [0.25, 0.3) is 0 Å². The number of carbonyl (C=O) groups excluding carboxylic acids is 1.